The minimum atomic E-state index is -0.567. The fraction of sp³-hybridized carbons (Fsp3) is 0.440. The molecule has 0 radical (unpaired) electrons. The third kappa shape index (κ3) is 8.02. The van der Waals surface area contributed by atoms with Crippen molar-refractivity contribution in [2.45, 2.75) is 64.9 Å². The summed E-state index contributed by atoms with van der Waals surface area (Å²) in [4.78, 5) is 27.9. The quantitative estimate of drug-likeness (QED) is 0.401. The lowest BCUT2D eigenvalue weighted by atomic mass is 10.1. The van der Waals surface area contributed by atoms with Crippen LogP contribution in [0.2, 0.25) is 10.0 Å². The van der Waals surface area contributed by atoms with E-state index in [0.717, 1.165) is 17.7 Å². The molecule has 0 aliphatic carbocycles. The number of amides is 2. The molecular weight excluding hydrogens is 463 g/mol. The Kier molecular flexibility index (Phi) is 10.9. The Hall–Kier alpha value is -1.69. The molecule has 1 N–H and O–H groups in total. The summed E-state index contributed by atoms with van der Waals surface area (Å²) in [5.74, 6) is 0.800. The summed E-state index contributed by atoms with van der Waals surface area (Å²) in [5.41, 5.74) is 3.14. The van der Waals surface area contributed by atoms with Crippen molar-refractivity contribution in [2.75, 3.05) is 5.75 Å². The third-order valence-corrected chi connectivity index (χ3v) is 6.89. The number of nitrogens with zero attached hydrogens (tertiary/aromatic N) is 1. The van der Waals surface area contributed by atoms with Gasteiger partial charge in [-0.05, 0) is 49.9 Å². The van der Waals surface area contributed by atoms with Crippen molar-refractivity contribution in [1.82, 2.24) is 10.2 Å². The van der Waals surface area contributed by atoms with Crippen LogP contribution in [-0.2, 0) is 21.9 Å². The monoisotopic (exact) mass is 494 g/mol. The lowest BCUT2D eigenvalue weighted by Crippen LogP contribution is -2.51. The van der Waals surface area contributed by atoms with E-state index in [4.69, 9.17) is 23.2 Å². The summed E-state index contributed by atoms with van der Waals surface area (Å²) in [6.45, 7) is 8.21. The van der Waals surface area contributed by atoms with E-state index < -0.39 is 6.04 Å². The molecule has 0 spiro atoms. The molecule has 0 aliphatic heterocycles. The number of carbonyl (C=O) groups excluding carboxylic acids is 2. The van der Waals surface area contributed by atoms with Gasteiger partial charge in [-0.2, -0.15) is 0 Å². The van der Waals surface area contributed by atoms with Gasteiger partial charge in [0.1, 0.15) is 6.04 Å². The first kappa shape index (κ1) is 26.6. The number of nitrogens with one attached hydrogen (secondary N) is 1. The van der Waals surface area contributed by atoms with Crippen LogP contribution in [0.4, 0.5) is 0 Å². The Morgan fingerprint density at radius 3 is 2.47 bits per heavy atom. The average molecular weight is 496 g/mol. The van der Waals surface area contributed by atoms with E-state index in [2.05, 4.69) is 30.4 Å². The smallest absolute Gasteiger partial charge is 0.243 e. The van der Waals surface area contributed by atoms with Gasteiger partial charge in [-0.15, -0.1) is 11.8 Å². The second-order valence-electron chi connectivity index (χ2n) is 7.98. The van der Waals surface area contributed by atoms with Crippen LogP contribution >= 0.6 is 35.0 Å². The highest BCUT2D eigenvalue weighted by atomic mass is 35.5. The Morgan fingerprint density at radius 2 is 1.84 bits per heavy atom. The largest absolute Gasteiger partial charge is 0.352 e. The standard InChI is InChI=1S/C25H32Cl2N2O2S/c1-5-18(4)28-25(31)23(6-2)29(14-20-10-11-21(26)13-22(20)27)24(30)16-32-15-19-9-7-8-17(3)12-19/h7-13,18,23H,5-6,14-16H2,1-4H3,(H,28,31)/t18-,23-/m1/s1. The Bertz CT molecular complexity index is 923. The first-order chi connectivity index (χ1) is 15.2. The molecule has 0 bridgehead atoms. The predicted octanol–water partition coefficient (Wildman–Crippen LogP) is 6.26. The van der Waals surface area contributed by atoms with E-state index in [-0.39, 0.29) is 30.2 Å². The Morgan fingerprint density at radius 1 is 1.09 bits per heavy atom. The zero-order valence-corrected chi connectivity index (χ0v) is 21.5. The van der Waals surface area contributed by atoms with Crippen LogP contribution in [0.1, 0.15) is 50.3 Å². The molecule has 32 heavy (non-hydrogen) atoms. The maximum absolute atomic E-state index is 13.3. The molecule has 2 aromatic carbocycles. The van der Waals surface area contributed by atoms with Crippen molar-refractivity contribution in [3.05, 3.63) is 69.2 Å². The molecule has 2 rings (SSSR count). The highest BCUT2D eigenvalue weighted by molar-refractivity contribution is 7.99. The molecule has 4 nitrogen and oxygen atoms in total. The summed E-state index contributed by atoms with van der Waals surface area (Å²) in [6, 6.07) is 13.0. The van der Waals surface area contributed by atoms with Gasteiger partial charge in [-0.25, -0.2) is 0 Å². The van der Waals surface area contributed by atoms with Gasteiger partial charge in [-0.3, -0.25) is 9.59 Å². The van der Waals surface area contributed by atoms with Crippen molar-refractivity contribution in [3.8, 4) is 0 Å². The fourth-order valence-electron chi connectivity index (χ4n) is 3.34. The van der Waals surface area contributed by atoms with Crippen LogP contribution in [-0.4, -0.2) is 34.6 Å². The number of thioether (sulfide) groups is 1. The first-order valence-electron chi connectivity index (χ1n) is 10.9. The van der Waals surface area contributed by atoms with Gasteiger partial charge in [0.05, 0.1) is 5.75 Å². The number of halogens is 2. The first-order valence-corrected chi connectivity index (χ1v) is 12.8. The lowest BCUT2D eigenvalue weighted by molar-refractivity contribution is -0.139. The fourth-order valence-corrected chi connectivity index (χ4v) is 4.66. The normalized spacial score (nSPS) is 12.8. The number of rotatable bonds is 11. The molecule has 2 atom stereocenters. The molecule has 0 aromatic heterocycles. The molecule has 7 heteroatoms. The number of hydrogen-bond donors (Lipinski definition) is 1. The molecule has 0 unspecified atom stereocenters. The van der Waals surface area contributed by atoms with E-state index in [0.29, 0.717) is 16.5 Å². The molecule has 174 valence electrons. The maximum Gasteiger partial charge on any atom is 0.243 e. The zero-order chi connectivity index (χ0) is 23.7. The van der Waals surface area contributed by atoms with Gasteiger partial charge in [0.25, 0.3) is 0 Å². The number of benzene rings is 2. The predicted molar refractivity (Wildman–Crippen MR) is 136 cm³/mol. The van der Waals surface area contributed by atoms with Crippen LogP contribution in [0.5, 0.6) is 0 Å². The van der Waals surface area contributed by atoms with Gasteiger partial charge in [0, 0.05) is 28.4 Å². The van der Waals surface area contributed by atoms with E-state index in [1.807, 2.05) is 32.9 Å². The van der Waals surface area contributed by atoms with Crippen molar-refractivity contribution in [3.63, 3.8) is 0 Å². The van der Waals surface area contributed by atoms with Crippen molar-refractivity contribution >= 4 is 46.8 Å². The zero-order valence-electron chi connectivity index (χ0n) is 19.2. The van der Waals surface area contributed by atoms with Crippen LogP contribution in [0.3, 0.4) is 0 Å². The highest BCUT2D eigenvalue weighted by Crippen LogP contribution is 2.24. The SMILES string of the molecule is CC[C@@H](C)NC(=O)[C@@H](CC)N(Cc1ccc(Cl)cc1Cl)C(=O)CSCc1cccc(C)c1. The topological polar surface area (TPSA) is 49.4 Å². The van der Waals surface area contributed by atoms with Gasteiger partial charge in [0.2, 0.25) is 11.8 Å². The molecular formula is C25H32Cl2N2O2S. The van der Waals surface area contributed by atoms with E-state index >= 15 is 0 Å². The molecule has 0 heterocycles. The van der Waals surface area contributed by atoms with Crippen molar-refractivity contribution in [2.24, 2.45) is 0 Å². The Balaban J connectivity index is 2.18. The van der Waals surface area contributed by atoms with Gasteiger partial charge >= 0.3 is 0 Å². The molecule has 0 fully saturated rings. The molecule has 0 aliphatic rings. The van der Waals surface area contributed by atoms with E-state index in [9.17, 15) is 9.59 Å². The summed E-state index contributed by atoms with van der Waals surface area (Å²) < 4.78 is 0. The van der Waals surface area contributed by atoms with E-state index in [1.165, 1.54) is 11.1 Å². The third-order valence-electron chi connectivity index (χ3n) is 5.32. The second kappa shape index (κ2) is 13.1. The lowest BCUT2D eigenvalue weighted by Gasteiger charge is -2.31. The Labute approximate surface area is 206 Å². The van der Waals surface area contributed by atoms with Gasteiger partial charge in [0.15, 0.2) is 0 Å². The molecule has 0 saturated carbocycles. The minimum absolute atomic E-state index is 0.0447. The number of aryl methyl sites for hydroxylation is 1. The summed E-state index contributed by atoms with van der Waals surface area (Å²) in [6.07, 6.45) is 1.34. The van der Waals surface area contributed by atoms with Crippen LogP contribution in [0.25, 0.3) is 0 Å². The number of carbonyl (C=O) groups is 2. The average Bonchev–Trinajstić information content (AvgIpc) is 2.74. The van der Waals surface area contributed by atoms with Crippen LogP contribution in [0, 0.1) is 6.92 Å². The maximum atomic E-state index is 13.3. The van der Waals surface area contributed by atoms with Crippen LogP contribution in [0.15, 0.2) is 42.5 Å². The summed E-state index contributed by atoms with van der Waals surface area (Å²) >= 11 is 14.0. The number of hydrogen-bond acceptors (Lipinski definition) is 3. The summed E-state index contributed by atoms with van der Waals surface area (Å²) in [5, 5.41) is 4.04. The molecule has 2 amide bonds. The highest BCUT2D eigenvalue weighted by Gasteiger charge is 2.29. The van der Waals surface area contributed by atoms with Crippen LogP contribution < -0.4 is 5.32 Å². The molecule has 2 aromatic rings. The molecule has 0 saturated heterocycles. The van der Waals surface area contributed by atoms with Crippen molar-refractivity contribution < 1.29 is 9.59 Å². The van der Waals surface area contributed by atoms with Gasteiger partial charge in [-0.1, -0.05) is 72.9 Å². The summed E-state index contributed by atoms with van der Waals surface area (Å²) in [7, 11) is 0. The second-order valence-corrected chi connectivity index (χ2v) is 9.81. The minimum Gasteiger partial charge on any atom is -0.352 e. The van der Waals surface area contributed by atoms with E-state index in [1.54, 1.807) is 28.8 Å². The van der Waals surface area contributed by atoms with Crippen molar-refractivity contribution in [1.29, 1.82) is 0 Å². The van der Waals surface area contributed by atoms with Gasteiger partial charge < -0.3 is 10.2 Å².